The van der Waals surface area contributed by atoms with E-state index >= 15 is 0 Å². The third-order valence-electron chi connectivity index (χ3n) is 5.54. The van der Waals surface area contributed by atoms with E-state index in [1.807, 2.05) is 37.3 Å². The first-order valence-corrected chi connectivity index (χ1v) is 13.3. The number of hydrogen-bond donors (Lipinski definition) is 1. The number of benzene rings is 3. The highest BCUT2D eigenvalue weighted by atomic mass is 32.2. The maximum Gasteiger partial charge on any atom is 0.261 e. The molecule has 1 aliphatic heterocycles. The van der Waals surface area contributed by atoms with Gasteiger partial charge in [0, 0.05) is 29.4 Å². The van der Waals surface area contributed by atoms with Crippen molar-refractivity contribution >= 4 is 42.3 Å². The van der Waals surface area contributed by atoms with E-state index < -0.39 is 20.0 Å². The van der Waals surface area contributed by atoms with Crippen LogP contribution in [0.3, 0.4) is 0 Å². The molecule has 5 rings (SSSR count). The average molecular weight is 481 g/mol. The zero-order valence-corrected chi connectivity index (χ0v) is 19.3. The highest BCUT2D eigenvalue weighted by Gasteiger charge is 2.32. The molecule has 0 atom stereocenters. The van der Waals surface area contributed by atoms with E-state index in [0.29, 0.717) is 23.7 Å². The topological polar surface area (TPSA) is 109 Å². The molecular weight excluding hydrogens is 460 g/mol. The molecule has 0 radical (unpaired) electrons. The Labute approximate surface area is 192 Å². The fourth-order valence-corrected chi connectivity index (χ4v) is 5.81. The average Bonchev–Trinajstić information content (AvgIpc) is 2.79. The first-order valence-electron chi connectivity index (χ1n) is 10.2. The Morgan fingerprint density at radius 2 is 1.76 bits per heavy atom. The fraction of sp³-hybridized carbons (Fsp3) is 0.130. The van der Waals surface area contributed by atoms with Crippen LogP contribution in [0.5, 0.6) is 0 Å². The second-order valence-corrected chi connectivity index (χ2v) is 11.5. The van der Waals surface area contributed by atoms with Gasteiger partial charge in [-0.2, -0.15) is 0 Å². The number of anilines is 2. The van der Waals surface area contributed by atoms with Crippen LogP contribution in [0.1, 0.15) is 5.56 Å². The zero-order valence-electron chi connectivity index (χ0n) is 17.6. The molecule has 8 nitrogen and oxygen atoms in total. The molecule has 0 saturated carbocycles. The summed E-state index contributed by atoms with van der Waals surface area (Å²) in [5.74, 6) is 0.609. The molecule has 1 saturated heterocycles. The molecular formula is C23H20N4O4S2. The van der Waals surface area contributed by atoms with Crippen LogP contribution < -0.4 is 9.03 Å². The van der Waals surface area contributed by atoms with Crippen molar-refractivity contribution in [1.29, 1.82) is 0 Å². The lowest BCUT2D eigenvalue weighted by molar-refractivity contribution is 0.578. The van der Waals surface area contributed by atoms with Crippen molar-refractivity contribution < 1.29 is 16.8 Å². The molecule has 1 aromatic heterocycles. The minimum absolute atomic E-state index is 0.0354. The minimum Gasteiger partial charge on any atom is -0.280 e. The van der Waals surface area contributed by atoms with Gasteiger partial charge in [0.25, 0.3) is 10.0 Å². The molecule has 0 bridgehead atoms. The lowest BCUT2D eigenvalue weighted by Gasteiger charge is -2.32. The summed E-state index contributed by atoms with van der Waals surface area (Å²) in [6.45, 7) is 2.31. The Kier molecular flexibility index (Phi) is 5.06. The van der Waals surface area contributed by atoms with Crippen molar-refractivity contribution in [3.8, 4) is 11.4 Å². The largest absolute Gasteiger partial charge is 0.280 e. The van der Waals surface area contributed by atoms with Crippen LogP contribution in [0.2, 0.25) is 0 Å². The number of nitrogens with one attached hydrogen (secondary N) is 1. The first-order chi connectivity index (χ1) is 15.7. The lowest BCUT2D eigenvalue weighted by atomic mass is 10.1. The minimum atomic E-state index is -3.88. The standard InChI is InChI=1S/C23H20N4O4S2/c1-16-6-7-18(14-21(16)23-24-15-17-4-2-3-5-22(17)25-23)26-33(30,31)20-10-8-19(9-11-20)27-12-13-32(27,28)29/h2-11,14-15,26H,12-13H2,1H3. The fourth-order valence-electron chi connectivity index (χ4n) is 3.66. The number of hydrogen-bond acceptors (Lipinski definition) is 6. The van der Waals surface area contributed by atoms with Crippen LogP contribution in [-0.4, -0.2) is 39.1 Å². The number of fused-ring (bicyclic) bond motifs is 1. The number of sulfonamides is 2. The molecule has 4 aromatic rings. The van der Waals surface area contributed by atoms with Gasteiger partial charge < -0.3 is 0 Å². The molecule has 10 heteroatoms. The van der Waals surface area contributed by atoms with Crippen LogP contribution in [0.15, 0.2) is 77.8 Å². The van der Waals surface area contributed by atoms with Gasteiger partial charge in [0.15, 0.2) is 5.82 Å². The highest BCUT2D eigenvalue weighted by Crippen LogP contribution is 2.28. The Bertz CT molecular complexity index is 1580. The molecule has 0 aliphatic carbocycles. The lowest BCUT2D eigenvalue weighted by Crippen LogP contribution is -2.47. The molecule has 2 heterocycles. The summed E-state index contributed by atoms with van der Waals surface area (Å²) in [5, 5.41) is 0.922. The number of aryl methyl sites for hydroxylation is 1. The first kappa shape index (κ1) is 21.4. The molecule has 3 aromatic carbocycles. The summed E-state index contributed by atoms with van der Waals surface area (Å²) in [6.07, 6.45) is 1.74. The number of rotatable bonds is 5. The molecule has 0 amide bonds. The van der Waals surface area contributed by atoms with Gasteiger partial charge in [-0.3, -0.25) is 9.03 Å². The number of para-hydroxylation sites is 1. The summed E-state index contributed by atoms with van der Waals surface area (Å²) < 4.78 is 53.2. The van der Waals surface area contributed by atoms with Gasteiger partial charge in [-0.15, -0.1) is 0 Å². The van der Waals surface area contributed by atoms with Crippen molar-refractivity contribution in [3.63, 3.8) is 0 Å². The monoisotopic (exact) mass is 480 g/mol. The van der Waals surface area contributed by atoms with E-state index in [-0.39, 0.29) is 10.6 Å². The summed E-state index contributed by atoms with van der Waals surface area (Å²) in [6, 6.07) is 18.6. The van der Waals surface area contributed by atoms with Gasteiger partial charge in [0.1, 0.15) is 0 Å². The maximum absolute atomic E-state index is 12.9. The van der Waals surface area contributed by atoms with E-state index in [0.717, 1.165) is 22.0 Å². The van der Waals surface area contributed by atoms with Crippen molar-refractivity contribution in [3.05, 3.63) is 78.5 Å². The second-order valence-electron chi connectivity index (χ2n) is 7.77. The zero-order chi connectivity index (χ0) is 23.2. The molecule has 33 heavy (non-hydrogen) atoms. The van der Waals surface area contributed by atoms with Crippen LogP contribution >= 0.6 is 0 Å². The number of aromatic nitrogens is 2. The van der Waals surface area contributed by atoms with Crippen molar-refractivity contribution in [2.75, 3.05) is 21.3 Å². The Morgan fingerprint density at radius 1 is 1.00 bits per heavy atom. The van der Waals surface area contributed by atoms with Gasteiger partial charge in [0.05, 0.1) is 21.9 Å². The number of nitrogens with zero attached hydrogens (tertiary/aromatic N) is 3. The predicted molar refractivity (Wildman–Crippen MR) is 128 cm³/mol. The van der Waals surface area contributed by atoms with Gasteiger partial charge in [-0.1, -0.05) is 24.3 Å². The van der Waals surface area contributed by atoms with Crippen molar-refractivity contribution in [2.45, 2.75) is 11.8 Å². The molecule has 0 unspecified atom stereocenters. The van der Waals surface area contributed by atoms with Gasteiger partial charge in [-0.25, -0.2) is 26.8 Å². The molecule has 1 N–H and O–H groups in total. The van der Waals surface area contributed by atoms with Crippen molar-refractivity contribution in [1.82, 2.24) is 9.97 Å². The van der Waals surface area contributed by atoms with Gasteiger partial charge >= 0.3 is 0 Å². The predicted octanol–water partition coefficient (Wildman–Crippen LogP) is 3.56. The summed E-state index contributed by atoms with van der Waals surface area (Å²) in [5.41, 5.74) is 3.26. The SMILES string of the molecule is Cc1ccc(NS(=O)(=O)c2ccc(N3CCS3(=O)=O)cc2)cc1-c1ncc2ccccc2n1. The molecule has 1 fully saturated rings. The summed E-state index contributed by atoms with van der Waals surface area (Å²) in [4.78, 5) is 9.09. The Hall–Kier alpha value is -3.50. The highest BCUT2D eigenvalue weighted by molar-refractivity contribution is 7.94. The second kappa shape index (κ2) is 7.82. The van der Waals surface area contributed by atoms with Crippen LogP contribution in [0.25, 0.3) is 22.3 Å². The van der Waals surface area contributed by atoms with Crippen LogP contribution in [-0.2, 0) is 20.0 Å². The normalized spacial score (nSPS) is 15.2. The summed E-state index contributed by atoms with van der Waals surface area (Å²) >= 11 is 0. The molecule has 1 aliphatic rings. The van der Waals surface area contributed by atoms with E-state index in [4.69, 9.17) is 0 Å². The third kappa shape index (κ3) is 4.03. The van der Waals surface area contributed by atoms with Crippen molar-refractivity contribution in [2.24, 2.45) is 0 Å². The quantitative estimate of drug-likeness (QED) is 0.468. The molecule has 0 spiro atoms. The van der Waals surface area contributed by atoms with Crippen LogP contribution in [0, 0.1) is 6.92 Å². The third-order valence-corrected chi connectivity index (χ3v) is 8.70. The van der Waals surface area contributed by atoms with Crippen LogP contribution in [0.4, 0.5) is 11.4 Å². The van der Waals surface area contributed by atoms with E-state index in [2.05, 4.69) is 14.7 Å². The smallest absolute Gasteiger partial charge is 0.261 e. The van der Waals surface area contributed by atoms with E-state index in [1.54, 1.807) is 18.3 Å². The Morgan fingerprint density at radius 3 is 2.45 bits per heavy atom. The Balaban J connectivity index is 1.43. The van der Waals surface area contributed by atoms with Gasteiger partial charge in [0.2, 0.25) is 10.0 Å². The maximum atomic E-state index is 12.9. The van der Waals surface area contributed by atoms with E-state index in [9.17, 15) is 16.8 Å². The summed E-state index contributed by atoms with van der Waals surface area (Å²) in [7, 11) is -7.14. The van der Waals surface area contributed by atoms with E-state index in [1.165, 1.54) is 28.6 Å². The molecule has 168 valence electrons. The van der Waals surface area contributed by atoms with Gasteiger partial charge in [-0.05, 0) is 55.0 Å².